The first kappa shape index (κ1) is 14.5. The molecule has 0 spiro atoms. The summed E-state index contributed by atoms with van der Waals surface area (Å²) in [4.78, 5) is 0. The monoisotopic (exact) mass is 262 g/mol. The normalized spacial score (nSPS) is 11.5. The minimum atomic E-state index is -1.55. The van der Waals surface area contributed by atoms with Gasteiger partial charge < -0.3 is 4.74 Å². The van der Waals surface area contributed by atoms with E-state index in [9.17, 15) is 17.6 Å². The fraction of sp³-hybridized carbons (Fsp3) is 0.385. The second-order valence-corrected chi connectivity index (χ2v) is 5.05. The molecule has 0 radical (unpaired) electrons. The minimum Gasteiger partial charge on any atom is -0.487 e. The van der Waals surface area contributed by atoms with Gasteiger partial charge in [0.05, 0.1) is 12.2 Å². The van der Waals surface area contributed by atoms with Gasteiger partial charge in [-0.05, 0) is 5.41 Å². The van der Waals surface area contributed by atoms with E-state index in [1.54, 1.807) is 20.8 Å². The third kappa shape index (κ3) is 2.83. The van der Waals surface area contributed by atoms with Crippen molar-refractivity contribution < 1.29 is 22.3 Å². The number of hydrogen-bond donors (Lipinski definition) is 0. The number of benzene rings is 1. The van der Waals surface area contributed by atoms with Crippen molar-refractivity contribution in [3.63, 3.8) is 0 Å². The van der Waals surface area contributed by atoms with Crippen molar-refractivity contribution in [2.24, 2.45) is 5.41 Å². The van der Waals surface area contributed by atoms with E-state index < -0.39 is 40.0 Å². The maximum Gasteiger partial charge on any atom is 0.204 e. The van der Waals surface area contributed by atoms with Crippen LogP contribution in [-0.4, -0.2) is 6.61 Å². The van der Waals surface area contributed by atoms with Crippen LogP contribution in [0.1, 0.15) is 26.3 Å². The Morgan fingerprint density at radius 2 is 1.44 bits per heavy atom. The molecule has 0 aliphatic carbocycles. The summed E-state index contributed by atoms with van der Waals surface area (Å²) in [5.41, 5.74) is -1.24. The minimum absolute atomic E-state index is 0.0762. The molecule has 0 amide bonds. The van der Waals surface area contributed by atoms with Crippen LogP contribution < -0.4 is 4.74 Å². The highest BCUT2D eigenvalue weighted by Gasteiger charge is 2.26. The number of ether oxygens (including phenoxy) is 1. The zero-order valence-electron chi connectivity index (χ0n) is 10.4. The molecule has 100 valence electrons. The Balaban J connectivity index is 3.25. The average molecular weight is 262 g/mol. The summed E-state index contributed by atoms with van der Waals surface area (Å²) in [6, 6.07) is 0. The van der Waals surface area contributed by atoms with E-state index >= 15 is 0 Å². The van der Waals surface area contributed by atoms with Gasteiger partial charge in [-0.1, -0.05) is 33.4 Å². The van der Waals surface area contributed by atoms with Gasteiger partial charge in [0.25, 0.3) is 0 Å². The van der Waals surface area contributed by atoms with Crippen molar-refractivity contribution in [1.29, 1.82) is 0 Å². The Kier molecular flexibility index (Phi) is 4.04. The molecule has 0 saturated heterocycles. The molecule has 0 aliphatic rings. The molecule has 1 aromatic carbocycles. The SMILES string of the molecule is C=Cc1c(F)c(F)c(OCC(C)(C)C)c(F)c1F. The highest BCUT2D eigenvalue weighted by Crippen LogP contribution is 2.31. The predicted molar refractivity (Wildman–Crippen MR) is 61.3 cm³/mol. The average Bonchev–Trinajstić information content (AvgIpc) is 2.26. The third-order valence-electron chi connectivity index (χ3n) is 2.11. The third-order valence-corrected chi connectivity index (χ3v) is 2.11. The van der Waals surface area contributed by atoms with Gasteiger partial charge in [-0.25, -0.2) is 8.78 Å². The van der Waals surface area contributed by atoms with Gasteiger partial charge in [-0.15, -0.1) is 0 Å². The van der Waals surface area contributed by atoms with Crippen LogP contribution in [0.15, 0.2) is 6.58 Å². The summed E-state index contributed by atoms with van der Waals surface area (Å²) in [5.74, 6) is -7.15. The van der Waals surface area contributed by atoms with Crippen molar-refractivity contribution >= 4 is 6.08 Å². The van der Waals surface area contributed by atoms with E-state index in [0.29, 0.717) is 6.08 Å². The van der Waals surface area contributed by atoms with Crippen LogP contribution in [0.2, 0.25) is 0 Å². The lowest BCUT2D eigenvalue weighted by Crippen LogP contribution is -2.19. The van der Waals surface area contributed by atoms with Gasteiger partial charge in [0.1, 0.15) is 0 Å². The number of hydrogen-bond acceptors (Lipinski definition) is 1. The molecule has 0 saturated carbocycles. The van der Waals surface area contributed by atoms with E-state index in [4.69, 9.17) is 4.74 Å². The van der Waals surface area contributed by atoms with E-state index in [-0.39, 0.29) is 6.61 Å². The fourth-order valence-electron chi connectivity index (χ4n) is 1.22. The Bertz CT molecular complexity index is 446. The van der Waals surface area contributed by atoms with E-state index in [2.05, 4.69) is 6.58 Å². The van der Waals surface area contributed by atoms with Gasteiger partial charge in [-0.2, -0.15) is 8.78 Å². The van der Waals surface area contributed by atoms with Crippen LogP contribution in [0.3, 0.4) is 0 Å². The molecule has 0 fully saturated rings. The molecule has 1 aromatic rings. The zero-order valence-corrected chi connectivity index (χ0v) is 10.4. The maximum absolute atomic E-state index is 13.5. The van der Waals surface area contributed by atoms with Crippen LogP contribution in [-0.2, 0) is 0 Å². The van der Waals surface area contributed by atoms with Crippen LogP contribution in [0.5, 0.6) is 5.75 Å². The first-order chi connectivity index (χ1) is 8.19. The standard InChI is InChI=1S/C13H14F4O/c1-5-7-8(14)10(16)12(11(17)9(7)15)18-6-13(2,3)4/h5H,1,6H2,2-4H3. The first-order valence-electron chi connectivity index (χ1n) is 5.30. The molecule has 1 nitrogen and oxygen atoms in total. The van der Waals surface area contributed by atoms with Crippen molar-refractivity contribution in [3.05, 3.63) is 35.4 Å². The predicted octanol–water partition coefficient (Wildman–Crippen LogP) is 4.31. The van der Waals surface area contributed by atoms with Crippen LogP contribution in [0, 0.1) is 28.7 Å². The number of halogens is 4. The summed E-state index contributed by atoms with van der Waals surface area (Å²) in [7, 11) is 0. The van der Waals surface area contributed by atoms with E-state index in [0.717, 1.165) is 0 Å². The van der Waals surface area contributed by atoms with Crippen LogP contribution in [0.4, 0.5) is 17.6 Å². The van der Waals surface area contributed by atoms with Gasteiger partial charge in [0.15, 0.2) is 17.4 Å². The lowest BCUT2D eigenvalue weighted by atomic mass is 9.99. The van der Waals surface area contributed by atoms with Crippen LogP contribution in [0.25, 0.3) is 6.08 Å². The molecule has 1 rings (SSSR count). The number of rotatable bonds is 3. The second-order valence-electron chi connectivity index (χ2n) is 5.05. The molecule has 5 heteroatoms. The van der Waals surface area contributed by atoms with Crippen LogP contribution >= 0.6 is 0 Å². The molecule has 0 bridgehead atoms. The smallest absolute Gasteiger partial charge is 0.204 e. The highest BCUT2D eigenvalue weighted by atomic mass is 19.2. The molecule has 0 aliphatic heterocycles. The highest BCUT2D eigenvalue weighted by molar-refractivity contribution is 5.51. The van der Waals surface area contributed by atoms with Crippen molar-refractivity contribution in [3.8, 4) is 5.75 Å². The van der Waals surface area contributed by atoms with E-state index in [1.165, 1.54) is 0 Å². The summed E-state index contributed by atoms with van der Waals surface area (Å²) in [6.45, 7) is 8.29. The first-order valence-corrected chi connectivity index (χ1v) is 5.30. The Morgan fingerprint density at radius 1 is 1.00 bits per heavy atom. The second kappa shape index (κ2) is 5.00. The van der Waals surface area contributed by atoms with Gasteiger partial charge in [-0.3, -0.25) is 0 Å². The van der Waals surface area contributed by atoms with Crippen molar-refractivity contribution in [1.82, 2.24) is 0 Å². The summed E-state index contributed by atoms with van der Waals surface area (Å²) in [5, 5.41) is 0. The molecular formula is C13H14F4O. The van der Waals surface area contributed by atoms with Gasteiger partial charge >= 0.3 is 0 Å². The molecule has 0 atom stereocenters. The molecular weight excluding hydrogens is 248 g/mol. The summed E-state index contributed by atoms with van der Waals surface area (Å²) in [6.07, 6.45) is 0.713. The lowest BCUT2D eigenvalue weighted by molar-refractivity contribution is 0.179. The molecule has 0 aromatic heterocycles. The van der Waals surface area contributed by atoms with Gasteiger partial charge in [0, 0.05) is 0 Å². The summed E-state index contributed by atoms with van der Waals surface area (Å²) >= 11 is 0. The fourth-order valence-corrected chi connectivity index (χ4v) is 1.22. The van der Waals surface area contributed by atoms with Crippen molar-refractivity contribution in [2.75, 3.05) is 6.61 Å². The molecule has 0 N–H and O–H groups in total. The Labute approximate surface area is 103 Å². The Morgan fingerprint density at radius 3 is 1.78 bits per heavy atom. The zero-order chi connectivity index (χ0) is 14.1. The van der Waals surface area contributed by atoms with Gasteiger partial charge in [0.2, 0.25) is 11.6 Å². The van der Waals surface area contributed by atoms with Crippen molar-refractivity contribution in [2.45, 2.75) is 20.8 Å². The largest absolute Gasteiger partial charge is 0.487 e. The maximum atomic E-state index is 13.5. The quantitative estimate of drug-likeness (QED) is 0.582. The molecule has 0 heterocycles. The Hall–Kier alpha value is -1.52. The molecule has 18 heavy (non-hydrogen) atoms. The summed E-state index contributed by atoms with van der Waals surface area (Å²) < 4.78 is 58.6. The van der Waals surface area contributed by atoms with E-state index in [1.807, 2.05) is 0 Å². The molecule has 0 unspecified atom stereocenters. The lowest BCUT2D eigenvalue weighted by Gasteiger charge is -2.20. The topological polar surface area (TPSA) is 9.23 Å².